The van der Waals surface area contributed by atoms with Crippen molar-refractivity contribution in [3.8, 4) is 0 Å². The molecule has 2 rings (SSSR count). The number of hydrogen-bond acceptors (Lipinski definition) is 2. The maximum atomic E-state index is 12.4. The van der Waals surface area contributed by atoms with Gasteiger partial charge in [-0.05, 0) is 47.0 Å². The Morgan fingerprint density at radius 2 is 2.00 bits per heavy atom. The molecule has 1 heterocycles. The van der Waals surface area contributed by atoms with Gasteiger partial charge in [0.25, 0.3) is 5.91 Å². The molecule has 0 aliphatic rings. The fourth-order valence-corrected chi connectivity index (χ4v) is 2.78. The van der Waals surface area contributed by atoms with E-state index in [9.17, 15) is 4.79 Å². The first kappa shape index (κ1) is 16.8. The van der Waals surface area contributed by atoms with Crippen LogP contribution < -0.4 is 5.32 Å². The molecule has 0 unspecified atom stereocenters. The van der Waals surface area contributed by atoms with Crippen LogP contribution in [0.4, 0.5) is 0 Å². The zero-order valence-corrected chi connectivity index (χ0v) is 14.7. The van der Waals surface area contributed by atoms with Crippen molar-refractivity contribution in [2.75, 3.05) is 7.11 Å². The number of carbonyl (C=O) groups is 1. The van der Waals surface area contributed by atoms with E-state index < -0.39 is 0 Å². The van der Waals surface area contributed by atoms with Gasteiger partial charge in [-0.3, -0.25) is 4.79 Å². The Hall–Kier alpha value is -1.59. The Kier molecular flexibility index (Phi) is 5.80. The van der Waals surface area contributed by atoms with E-state index in [1.54, 1.807) is 7.11 Å². The fraction of sp³-hybridized carbons (Fsp3) is 0.353. The SMILES string of the molecule is COCc1ccccc1CNC(=O)c1cc(Br)cn1C(C)C. The van der Waals surface area contributed by atoms with E-state index >= 15 is 0 Å². The van der Waals surface area contributed by atoms with Crippen LogP contribution in [0.1, 0.15) is 41.5 Å². The Bertz CT molecular complexity index is 650. The minimum atomic E-state index is -0.0772. The second-order valence-electron chi connectivity index (χ2n) is 5.43. The number of carbonyl (C=O) groups excluding carboxylic acids is 1. The summed E-state index contributed by atoms with van der Waals surface area (Å²) in [5, 5.41) is 2.99. The van der Waals surface area contributed by atoms with Gasteiger partial charge in [-0.25, -0.2) is 0 Å². The molecule has 1 amide bonds. The molecule has 0 saturated heterocycles. The van der Waals surface area contributed by atoms with E-state index in [1.165, 1.54) is 0 Å². The molecule has 118 valence electrons. The average Bonchev–Trinajstić information content (AvgIpc) is 2.89. The minimum Gasteiger partial charge on any atom is -0.380 e. The smallest absolute Gasteiger partial charge is 0.268 e. The summed E-state index contributed by atoms with van der Waals surface area (Å²) in [7, 11) is 1.67. The molecule has 0 bridgehead atoms. The average molecular weight is 365 g/mol. The molecular formula is C17H21BrN2O2. The Balaban J connectivity index is 2.11. The lowest BCUT2D eigenvalue weighted by molar-refractivity contribution is 0.0939. The first-order chi connectivity index (χ1) is 10.5. The summed E-state index contributed by atoms with van der Waals surface area (Å²) < 4.78 is 8.06. The molecule has 0 radical (unpaired) electrons. The number of nitrogens with zero attached hydrogens (tertiary/aromatic N) is 1. The molecule has 1 aromatic carbocycles. The monoisotopic (exact) mass is 364 g/mol. The van der Waals surface area contributed by atoms with E-state index in [0.717, 1.165) is 15.6 Å². The summed E-state index contributed by atoms with van der Waals surface area (Å²) in [5.74, 6) is -0.0772. The third-order valence-corrected chi connectivity index (χ3v) is 3.90. The van der Waals surface area contributed by atoms with Crippen LogP contribution in [0, 0.1) is 0 Å². The Morgan fingerprint density at radius 3 is 2.64 bits per heavy atom. The van der Waals surface area contributed by atoms with E-state index in [4.69, 9.17) is 4.74 Å². The van der Waals surface area contributed by atoms with Crippen LogP contribution in [0.2, 0.25) is 0 Å². The van der Waals surface area contributed by atoms with Crippen molar-refractivity contribution >= 4 is 21.8 Å². The molecule has 4 nitrogen and oxygen atoms in total. The number of methoxy groups -OCH3 is 1. The molecule has 0 spiro atoms. The van der Waals surface area contributed by atoms with Crippen LogP contribution >= 0.6 is 15.9 Å². The number of benzene rings is 1. The van der Waals surface area contributed by atoms with Gasteiger partial charge in [-0.1, -0.05) is 24.3 Å². The first-order valence-corrected chi connectivity index (χ1v) is 8.03. The van der Waals surface area contributed by atoms with E-state index in [-0.39, 0.29) is 11.9 Å². The number of ether oxygens (including phenoxy) is 1. The highest BCUT2D eigenvalue weighted by atomic mass is 79.9. The number of rotatable bonds is 6. The minimum absolute atomic E-state index is 0.0772. The van der Waals surface area contributed by atoms with Crippen molar-refractivity contribution in [2.45, 2.75) is 33.0 Å². The van der Waals surface area contributed by atoms with Crippen molar-refractivity contribution in [1.29, 1.82) is 0 Å². The molecular weight excluding hydrogens is 344 g/mol. The van der Waals surface area contributed by atoms with Crippen LogP contribution in [0.5, 0.6) is 0 Å². The molecule has 1 aromatic heterocycles. The van der Waals surface area contributed by atoms with Gasteiger partial charge < -0.3 is 14.6 Å². The van der Waals surface area contributed by atoms with Gasteiger partial charge >= 0.3 is 0 Å². The lowest BCUT2D eigenvalue weighted by Gasteiger charge is -2.14. The number of halogens is 1. The maximum Gasteiger partial charge on any atom is 0.268 e. The van der Waals surface area contributed by atoms with E-state index in [1.807, 2.05) is 41.1 Å². The normalized spacial score (nSPS) is 11.0. The second kappa shape index (κ2) is 7.61. The number of amides is 1. The van der Waals surface area contributed by atoms with Gasteiger partial charge in [-0.15, -0.1) is 0 Å². The molecule has 0 fully saturated rings. The van der Waals surface area contributed by atoms with Gasteiger partial charge in [0.1, 0.15) is 5.69 Å². The highest BCUT2D eigenvalue weighted by Gasteiger charge is 2.15. The van der Waals surface area contributed by atoms with Gasteiger partial charge in [0.15, 0.2) is 0 Å². The number of aromatic nitrogens is 1. The largest absolute Gasteiger partial charge is 0.380 e. The van der Waals surface area contributed by atoms with Crippen molar-refractivity contribution < 1.29 is 9.53 Å². The van der Waals surface area contributed by atoms with Crippen molar-refractivity contribution in [2.24, 2.45) is 0 Å². The molecule has 0 saturated carbocycles. The number of nitrogens with one attached hydrogen (secondary N) is 1. The van der Waals surface area contributed by atoms with Crippen LogP contribution in [-0.2, 0) is 17.9 Å². The molecule has 0 aliphatic heterocycles. The van der Waals surface area contributed by atoms with Gasteiger partial charge in [0, 0.05) is 30.4 Å². The van der Waals surface area contributed by atoms with E-state index in [0.29, 0.717) is 18.8 Å². The van der Waals surface area contributed by atoms with Gasteiger partial charge in [0.2, 0.25) is 0 Å². The van der Waals surface area contributed by atoms with Crippen LogP contribution in [0.3, 0.4) is 0 Å². The van der Waals surface area contributed by atoms with Crippen molar-refractivity contribution in [3.05, 3.63) is 57.8 Å². The zero-order chi connectivity index (χ0) is 16.1. The van der Waals surface area contributed by atoms with Crippen LogP contribution in [-0.4, -0.2) is 17.6 Å². The predicted octanol–water partition coefficient (Wildman–Crippen LogP) is 3.91. The van der Waals surface area contributed by atoms with Crippen molar-refractivity contribution in [3.63, 3.8) is 0 Å². The number of hydrogen-bond donors (Lipinski definition) is 1. The lowest BCUT2D eigenvalue weighted by atomic mass is 10.1. The van der Waals surface area contributed by atoms with Crippen LogP contribution in [0.25, 0.3) is 0 Å². The summed E-state index contributed by atoms with van der Waals surface area (Å²) in [4.78, 5) is 12.4. The predicted molar refractivity (Wildman–Crippen MR) is 90.8 cm³/mol. The fourth-order valence-electron chi connectivity index (χ4n) is 2.35. The van der Waals surface area contributed by atoms with E-state index in [2.05, 4.69) is 35.1 Å². The molecule has 0 aliphatic carbocycles. The van der Waals surface area contributed by atoms with Crippen molar-refractivity contribution in [1.82, 2.24) is 9.88 Å². The maximum absolute atomic E-state index is 12.4. The second-order valence-corrected chi connectivity index (χ2v) is 6.34. The topological polar surface area (TPSA) is 43.3 Å². The summed E-state index contributed by atoms with van der Waals surface area (Å²) in [5.41, 5.74) is 2.82. The van der Waals surface area contributed by atoms with Gasteiger partial charge in [-0.2, -0.15) is 0 Å². The standard InChI is InChI=1S/C17H21BrN2O2/c1-12(2)20-10-15(18)8-16(20)17(21)19-9-13-6-4-5-7-14(13)11-22-3/h4-8,10,12H,9,11H2,1-3H3,(H,19,21). The molecule has 2 aromatic rings. The molecule has 1 N–H and O–H groups in total. The Morgan fingerprint density at radius 1 is 1.32 bits per heavy atom. The quantitative estimate of drug-likeness (QED) is 0.844. The van der Waals surface area contributed by atoms with Crippen LogP contribution in [0.15, 0.2) is 41.0 Å². The summed E-state index contributed by atoms with van der Waals surface area (Å²) >= 11 is 3.43. The lowest BCUT2D eigenvalue weighted by Crippen LogP contribution is -2.26. The zero-order valence-electron chi connectivity index (χ0n) is 13.1. The third-order valence-electron chi connectivity index (χ3n) is 3.46. The summed E-state index contributed by atoms with van der Waals surface area (Å²) in [6, 6.07) is 10.0. The molecule has 0 atom stereocenters. The van der Waals surface area contributed by atoms with Gasteiger partial charge in [0.05, 0.1) is 6.61 Å². The molecule has 22 heavy (non-hydrogen) atoms. The highest BCUT2D eigenvalue weighted by Crippen LogP contribution is 2.19. The third kappa shape index (κ3) is 3.99. The first-order valence-electron chi connectivity index (χ1n) is 7.24. The summed E-state index contributed by atoms with van der Waals surface area (Å²) in [6.07, 6.45) is 1.93. The highest BCUT2D eigenvalue weighted by molar-refractivity contribution is 9.10. The summed E-state index contributed by atoms with van der Waals surface area (Å²) in [6.45, 7) is 5.13. The molecule has 5 heteroatoms. The Labute approximate surface area is 139 Å².